The number of aromatic nitrogens is 1. The molecular weight excluding hydrogens is 258 g/mol. The van der Waals surface area contributed by atoms with E-state index in [4.69, 9.17) is 0 Å². The van der Waals surface area contributed by atoms with E-state index in [9.17, 15) is 0 Å². The number of piperidine rings is 1. The monoisotopic (exact) mass is 283 g/mol. The smallest absolute Gasteiger partial charge is 0.0469 e. The van der Waals surface area contributed by atoms with Crippen molar-refractivity contribution in [3.63, 3.8) is 0 Å². The maximum absolute atomic E-state index is 3.69. The van der Waals surface area contributed by atoms with Crippen LogP contribution in [0.5, 0.6) is 0 Å². The molecular formula is C18H25N3. The van der Waals surface area contributed by atoms with Gasteiger partial charge < -0.3 is 14.8 Å². The number of nitrogens with one attached hydrogen (secondary N) is 1. The van der Waals surface area contributed by atoms with E-state index in [2.05, 4.69) is 77.5 Å². The Hall–Kier alpha value is -1.74. The molecule has 2 atom stereocenters. The molecule has 1 N–H and O–H groups in total. The highest BCUT2D eigenvalue weighted by atomic mass is 15.1. The molecule has 1 fully saturated rings. The number of likely N-dealkylation sites (tertiary alicyclic amines) is 1. The Bertz CT molecular complexity index is 562. The lowest BCUT2D eigenvalue weighted by molar-refractivity contribution is 0.197. The molecule has 0 bridgehead atoms. The van der Waals surface area contributed by atoms with Crippen molar-refractivity contribution in [1.29, 1.82) is 0 Å². The highest BCUT2D eigenvalue weighted by Crippen LogP contribution is 2.22. The zero-order valence-electron chi connectivity index (χ0n) is 13.0. The summed E-state index contributed by atoms with van der Waals surface area (Å²) in [4.78, 5) is 2.45. The summed E-state index contributed by atoms with van der Waals surface area (Å²) in [5, 5.41) is 3.69. The van der Waals surface area contributed by atoms with E-state index in [0.29, 0.717) is 6.04 Å². The zero-order valence-corrected chi connectivity index (χ0v) is 13.0. The molecule has 1 aliphatic rings. The lowest BCUT2D eigenvalue weighted by Gasteiger charge is -2.34. The van der Waals surface area contributed by atoms with E-state index < -0.39 is 0 Å². The van der Waals surface area contributed by atoms with Crippen LogP contribution in [0.25, 0.3) is 5.69 Å². The quantitative estimate of drug-likeness (QED) is 0.925. The molecule has 3 rings (SSSR count). The van der Waals surface area contributed by atoms with Gasteiger partial charge in [-0.25, -0.2) is 0 Å². The van der Waals surface area contributed by atoms with Crippen LogP contribution in [0.3, 0.4) is 0 Å². The second-order valence-corrected chi connectivity index (χ2v) is 6.24. The molecule has 3 heteroatoms. The minimum Gasteiger partial charge on any atom is -0.382 e. The van der Waals surface area contributed by atoms with Gasteiger partial charge in [0.2, 0.25) is 0 Å². The van der Waals surface area contributed by atoms with Gasteiger partial charge in [0.25, 0.3) is 0 Å². The molecule has 0 amide bonds. The summed E-state index contributed by atoms with van der Waals surface area (Å²) in [6, 6.07) is 13.3. The lowest BCUT2D eigenvalue weighted by Crippen LogP contribution is -2.39. The van der Waals surface area contributed by atoms with E-state index in [1.165, 1.54) is 37.3 Å². The van der Waals surface area contributed by atoms with Crippen molar-refractivity contribution < 1.29 is 0 Å². The van der Waals surface area contributed by atoms with Crippen LogP contribution in [0.4, 0.5) is 5.69 Å². The Kier molecular flexibility index (Phi) is 4.30. The largest absolute Gasteiger partial charge is 0.382 e. The van der Waals surface area contributed by atoms with Crippen molar-refractivity contribution in [2.45, 2.75) is 25.8 Å². The highest BCUT2D eigenvalue weighted by molar-refractivity contribution is 5.51. The summed E-state index contributed by atoms with van der Waals surface area (Å²) in [6.45, 7) is 4.75. The Balaban J connectivity index is 1.68. The van der Waals surface area contributed by atoms with Gasteiger partial charge in [-0.1, -0.05) is 6.07 Å². The van der Waals surface area contributed by atoms with Gasteiger partial charge in [-0.15, -0.1) is 0 Å². The van der Waals surface area contributed by atoms with Crippen molar-refractivity contribution in [3.05, 3.63) is 48.8 Å². The topological polar surface area (TPSA) is 20.2 Å². The molecule has 2 heterocycles. The molecule has 112 valence electrons. The number of anilines is 1. The van der Waals surface area contributed by atoms with Crippen molar-refractivity contribution in [3.8, 4) is 5.69 Å². The molecule has 1 aromatic heterocycles. The van der Waals surface area contributed by atoms with Crippen molar-refractivity contribution in [2.24, 2.45) is 5.92 Å². The van der Waals surface area contributed by atoms with Crippen molar-refractivity contribution in [2.75, 3.05) is 25.5 Å². The first-order valence-corrected chi connectivity index (χ1v) is 7.91. The van der Waals surface area contributed by atoms with Gasteiger partial charge in [-0.05, 0) is 69.6 Å². The summed E-state index contributed by atoms with van der Waals surface area (Å²) in [5.41, 5.74) is 2.42. The molecule has 2 unspecified atom stereocenters. The van der Waals surface area contributed by atoms with Crippen LogP contribution in [-0.2, 0) is 0 Å². The van der Waals surface area contributed by atoms with E-state index in [0.717, 1.165) is 5.92 Å². The number of rotatable bonds is 4. The molecule has 3 nitrogen and oxygen atoms in total. The SMILES string of the molecule is CC(Nc1cccc(-n2cccc2)c1)C1CCCN(C)C1. The van der Waals surface area contributed by atoms with Crippen LogP contribution in [-0.4, -0.2) is 35.6 Å². The van der Waals surface area contributed by atoms with Gasteiger partial charge in [-0.3, -0.25) is 0 Å². The predicted octanol–water partition coefficient (Wildman–Crippen LogP) is 3.62. The van der Waals surface area contributed by atoms with Crippen LogP contribution in [0, 0.1) is 5.92 Å². The average Bonchev–Trinajstić information content (AvgIpc) is 3.02. The van der Waals surface area contributed by atoms with E-state index >= 15 is 0 Å². The minimum absolute atomic E-state index is 0.507. The lowest BCUT2D eigenvalue weighted by atomic mass is 9.92. The number of nitrogens with zero attached hydrogens (tertiary/aromatic N) is 2. The fraction of sp³-hybridized carbons (Fsp3) is 0.444. The third-order valence-electron chi connectivity index (χ3n) is 4.51. The maximum atomic E-state index is 3.69. The Morgan fingerprint density at radius 3 is 2.76 bits per heavy atom. The van der Waals surface area contributed by atoms with Gasteiger partial charge >= 0.3 is 0 Å². The molecule has 1 aliphatic heterocycles. The second kappa shape index (κ2) is 6.35. The molecule has 0 saturated carbocycles. The average molecular weight is 283 g/mol. The van der Waals surface area contributed by atoms with Gasteiger partial charge in [-0.2, -0.15) is 0 Å². The first-order chi connectivity index (χ1) is 10.2. The molecule has 21 heavy (non-hydrogen) atoms. The molecule has 2 aromatic rings. The summed E-state index contributed by atoms with van der Waals surface area (Å²) in [5.74, 6) is 0.735. The minimum atomic E-state index is 0.507. The fourth-order valence-corrected chi connectivity index (χ4v) is 3.26. The Labute approximate surface area is 127 Å². The van der Waals surface area contributed by atoms with Crippen LogP contribution in [0.2, 0.25) is 0 Å². The Morgan fingerprint density at radius 2 is 2.00 bits per heavy atom. The summed E-state index contributed by atoms with van der Waals surface area (Å²) >= 11 is 0. The van der Waals surface area contributed by atoms with Crippen LogP contribution in [0.15, 0.2) is 48.8 Å². The van der Waals surface area contributed by atoms with Gasteiger partial charge in [0, 0.05) is 36.4 Å². The fourth-order valence-electron chi connectivity index (χ4n) is 3.26. The number of hydrogen-bond donors (Lipinski definition) is 1. The second-order valence-electron chi connectivity index (χ2n) is 6.24. The normalized spacial score (nSPS) is 21.1. The third-order valence-corrected chi connectivity index (χ3v) is 4.51. The van der Waals surface area contributed by atoms with Crippen LogP contribution in [0.1, 0.15) is 19.8 Å². The standard InChI is InChI=1S/C18H25N3/c1-15(16-7-6-10-20(2)14-16)19-17-8-5-9-18(13-17)21-11-3-4-12-21/h3-5,8-9,11-13,15-16,19H,6-7,10,14H2,1-2H3. The Morgan fingerprint density at radius 1 is 1.19 bits per heavy atom. The van der Waals surface area contributed by atoms with Crippen molar-refractivity contribution in [1.82, 2.24) is 9.47 Å². The summed E-state index contributed by atoms with van der Waals surface area (Å²) in [7, 11) is 2.23. The maximum Gasteiger partial charge on any atom is 0.0469 e. The third kappa shape index (κ3) is 3.48. The molecule has 0 aliphatic carbocycles. The number of benzene rings is 1. The summed E-state index contributed by atoms with van der Waals surface area (Å²) in [6.07, 6.45) is 6.81. The number of hydrogen-bond acceptors (Lipinski definition) is 2. The highest BCUT2D eigenvalue weighted by Gasteiger charge is 2.22. The molecule has 0 spiro atoms. The van der Waals surface area contributed by atoms with Gasteiger partial charge in [0.15, 0.2) is 0 Å². The zero-order chi connectivity index (χ0) is 14.7. The molecule has 1 aromatic carbocycles. The molecule has 0 radical (unpaired) electrons. The predicted molar refractivity (Wildman–Crippen MR) is 89.1 cm³/mol. The van der Waals surface area contributed by atoms with Gasteiger partial charge in [0.1, 0.15) is 0 Å². The summed E-state index contributed by atoms with van der Waals surface area (Å²) < 4.78 is 2.14. The van der Waals surface area contributed by atoms with E-state index in [1.54, 1.807) is 0 Å². The van der Waals surface area contributed by atoms with Crippen LogP contribution < -0.4 is 5.32 Å². The first-order valence-electron chi connectivity index (χ1n) is 7.91. The van der Waals surface area contributed by atoms with E-state index in [1.807, 2.05) is 0 Å². The van der Waals surface area contributed by atoms with Crippen LogP contribution >= 0.6 is 0 Å². The first kappa shape index (κ1) is 14.2. The molecule has 1 saturated heterocycles. The van der Waals surface area contributed by atoms with Gasteiger partial charge in [0.05, 0.1) is 0 Å². The van der Waals surface area contributed by atoms with Crippen molar-refractivity contribution >= 4 is 5.69 Å². The van der Waals surface area contributed by atoms with E-state index in [-0.39, 0.29) is 0 Å².